The van der Waals surface area contributed by atoms with Crippen LogP contribution in [0, 0.1) is 5.92 Å². The molecule has 0 radical (unpaired) electrons. The van der Waals surface area contributed by atoms with Crippen molar-refractivity contribution in [3.05, 3.63) is 143 Å². The minimum atomic E-state index is -0.832. The zero-order chi connectivity index (χ0) is 28.0. The largest absolute Gasteiger partial charge is 0.464 e. The number of nitrogens with zero attached hydrogens (tertiary/aromatic N) is 1. The number of rotatable bonds is 7. The molecule has 0 aliphatic heterocycles. The van der Waals surface area contributed by atoms with Crippen molar-refractivity contribution in [2.75, 3.05) is 0 Å². The van der Waals surface area contributed by atoms with Crippen molar-refractivity contribution >= 4 is 22.8 Å². The Kier molecular flexibility index (Phi) is 6.23. The van der Waals surface area contributed by atoms with Crippen LogP contribution in [0.5, 0.6) is 0 Å². The van der Waals surface area contributed by atoms with Gasteiger partial charge in [-0.15, -0.1) is 0 Å². The lowest BCUT2D eigenvalue weighted by atomic mass is 9.71. The highest BCUT2D eigenvalue weighted by molar-refractivity contribution is 6.01. The molecule has 2 aliphatic rings. The van der Waals surface area contributed by atoms with E-state index in [-0.39, 0.29) is 17.9 Å². The molecule has 204 valence electrons. The van der Waals surface area contributed by atoms with Crippen LogP contribution in [-0.2, 0) is 23.2 Å². The lowest BCUT2D eigenvalue weighted by Gasteiger charge is -2.53. The van der Waals surface area contributed by atoms with Crippen molar-refractivity contribution in [3.63, 3.8) is 0 Å². The fourth-order valence-electron chi connectivity index (χ4n) is 7.04. The van der Waals surface area contributed by atoms with Crippen molar-refractivity contribution in [1.82, 2.24) is 4.90 Å². The molecule has 2 N–H and O–H groups in total. The molecule has 1 fully saturated rings. The average molecular weight is 541 g/mol. The predicted molar refractivity (Wildman–Crippen MR) is 159 cm³/mol. The molecule has 5 aromatic rings. The van der Waals surface area contributed by atoms with Gasteiger partial charge in [-0.05, 0) is 72.1 Å². The van der Waals surface area contributed by atoms with E-state index in [4.69, 9.17) is 10.2 Å². The molecule has 7 rings (SSSR count). The van der Waals surface area contributed by atoms with Gasteiger partial charge >= 0.3 is 0 Å². The van der Waals surface area contributed by atoms with Gasteiger partial charge in [0, 0.05) is 22.9 Å². The summed E-state index contributed by atoms with van der Waals surface area (Å²) in [6.07, 6.45) is 5.73. The standard InChI is InChI=1S/C36H32N2O3/c37-34(39)30-19-20-32-33-25(23-41-32)21-24(22-31(30)33)35(40)38(29-17-10-18-29)36(26-11-4-1-5-12-26,27-13-6-2-7-14-27)28-15-8-3-9-16-28/h1-9,11-16,19-20,23-24,29H,10,17-18,21-22H2,(H2,37,39). The number of benzene rings is 4. The van der Waals surface area contributed by atoms with E-state index in [2.05, 4.69) is 77.7 Å². The van der Waals surface area contributed by atoms with Crippen LogP contribution >= 0.6 is 0 Å². The Labute approximate surface area is 239 Å². The third-order valence-electron chi connectivity index (χ3n) is 9.07. The minimum Gasteiger partial charge on any atom is -0.464 e. The SMILES string of the molecule is NC(=O)c1ccc2occ3c2c1CC(C(=O)N(C1CCC1)C(c1ccccc1)(c1ccccc1)c1ccccc1)C3. The molecule has 4 aromatic carbocycles. The van der Waals surface area contributed by atoms with E-state index in [1.54, 1.807) is 18.4 Å². The van der Waals surface area contributed by atoms with Crippen LogP contribution in [0.3, 0.4) is 0 Å². The molecule has 41 heavy (non-hydrogen) atoms. The summed E-state index contributed by atoms with van der Waals surface area (Å²) < 4.78 is 5.86. The van der Waals surface area contributed by atoms with Crippen LogP contribution in [0.25, 0.3) is 11.0 Å². The highest BCUT2D eigenvalue weighted by Crippen LogP contribution is 2.48. The second-order valence-corrected chi connectivity index (χ2v) is 11.3. The Balaban J connectivity index is 1.44. The summed E-state index contributed by atoms with van der Waals surface area (Å²) >= 11 is 0. The molecule has 5 nitrogen and oxygen atoms in total. The van der Waals surface area contributed by atoms with Crippen LogP contribution < -0.4 is 5.73 Å². The maximum Gasteiger partial charge on any atom is 0.249 e. The zero-order valence-electron chi connectivity index (χ0n) is 22.8. The summed E-state index contributed by atoms with van der Waals surface area (Å²) in [5, 5.41) is 0.931. The number of hydrogen-bond acceptors (Lipinski definition) is 3. The number of carbonyl (C=O) groups excluding carboxylic acids is 2. The Morgan fingerprint density at radius 3 is 1.80 bits per heavy atom. The zero-order valence-corrected chi connectivity index (χ0v) is 22.8. The average Bonchev–Trinajstić information content (AvgIpc) is 3.41. The van der Waals surface area contributed by atoms with Crippen LogP contribution in [0.4, 0.5) is 0 Å². The van der Waals surface area contributed by atoms with Gasteiger partial charge < -0.3 is 15.1 Å². The lowest BCUT2D eigenvalue weighted by molar-refractivity contribution is -0.145. The van der Waals surface area contributed by atoms with Crippen molar-refractivity contribution in [3.8, 4) is 0 Å². The number of hydrogen-bond donors (Lipinski definition) is 1. The molecular formula is C36H32N2O3. The number of furan rings is 1. The van der Waals surface area contributed by atoms with Gasteiger partial charge in [-0.2, -0.15) is 0 Å². The van der Waals surface area contributed by atoms with Gasteiger partial charge in [-0.25, -0.2) is 0 Å². The van der Waals surface area contributed by atoms with Crippen LogP contribution in [0.15, 0.2) is 114 Å². The maximum atomic E-state index is 15.2. The Morgan fingerprint density at radius 1 is 0.756 bits per heavy atom. The Hall–Kier alpha value is -4.64. The van der Waals surface area contributed by atoms with E-state index < -0.39 is 11.4 Å². The molecular weight excluding hydrogens is 508 g/mol. The molecule has 2 amide bonds. The van der Waals surface area contributed by atoms with Gasteiger partial charge in [0.25, 0.3) is 0 Å². The highest BCUT2D eigenvalue weighted by atomic mass is 16.3. The van der Waals surface area contributed by atoms with Gasteiger partial charge in [0.1, 0.15) is 11.1 Å². The number of carbonyl (C=O) groups is 2. The first-order valence-corrected chi connectivity index (χ1v) is 14.4. The molecule has 1 saturated carbocycles. The predicted octanol–water partition coefficient (Wildman–Crippen LogP) is 6.62. The van der Waals surface area contributed by atoms with E-state index in [0.29, 0.717) is 18.4 Å². The maximum absolute atomic E-state index is 15.2. The summed E-state index contributed by atoms with van der Waals surface area (Å²) in [5.41, 5.74) is 11.1. The van der Waals surface area contributed by atoms with E-state index >= 15 is 4.79 Å². The first-order chi connectivity index (χ1) is 20.1. The van der Waals surface area contributed by atoms with E-state index in [1.807, 2.05) is 18.2 Å². The van der Waals surface area contributed by atoms with Crippen molar-refractivity contribution < 1.29 is 14.0 Å². The first-order valence-electron chi connectivity index (χ1n) is 14.4. The van der Waals surface area contributed by atoms with Crippen molar-refractivity contribution in [2.45, 2.75) is 43.7 Å². The summed E-state index contributed by atoms with van der Waals surface area (Å²) in [5.74, 6) is -0.754. The van der Waals surface area contributed by atoms with Gasteiger partial charge in [0.05, 0.1) is 6.26 Å². The Bertz CT molecular complexity index is 1630. The van der Waals surface area contributed by atoms with Crippen molar-refractivity contribution in [2.24, 2.45) is 11.7 Å². The molecule has 0 bridgehead atoms. The third kappa shape index (κ3) is 3.99. The van der Waals surface area contributed by atoms with Gasteiger partial charge in [0.2, 0.25) is 11.8 Å². The van der Waals surface area contributed by atoms with Crippen LogP contribution in [-0.4, -0.2) is 22.8 Å². The monoisotopic (exact) mass is 540 g/mol. The molecule has 5 heteroatoms. The van der Waals surface area contributed by atoms with E-state index in [1.165, 1.54) is 0 Å². The number of amides is 2. The van der Waals surface area contributed by atoms with E-state index in [0.717, 1.165) is 58.0 Å². The summed E-state index contributed by atoms with van der Waals surface area (Å²) in [6, 6.07) is 34.8. The summed E-state index contributed by atoms with van der Waals surface area (Å²) in [4.78, 5) is 29.9. The topological polar surface area (TPSA) is 76.5 Å². The summed E-state index contributed by atoms with van der Waals surface area (Å²) in [7, 11) is 0. The molecule has 1 atom stereocenters. The molecule has 1 heterocycles. The fraction of sp³-hybridized carbons (Fsp3) is 0.222. The Morgan fingerprint density at radius 2 is 1.32 bits per heavy atom. The normalized spacial score (nSPS) is 16.7. The first kappa shape index (κ1) is 25.3. The van der Waals surface area contributed by atoms with Gasteiger partial charge in [-0.3, -0.25) is 9.59 Å². The second-order valence-electron chi connectivity index (χ2n) is 11.3. The van der Waals surface area contributed by atoms with Crippen molar-refractivity contribution in [1.29, 1.82) is 0 Å². The quantitative estimate of drug-likeness (QED) is 0.236. The number of primary amides is 1. The molecule has 0 saturated heterocycles. The molecule has 1 aromatic heterocycles. The number of nitrogens with two attached hydrogens (primary N) is 1. The van der Waals surface area contributed by atoms with E-state index in [9.17, 15) is 4.79 Å². The van der Waals surface area contributed by atoms with Crippen LogP contribution in [0.2, 0.25) is 0 Å². The molecule has 1 unspecified atom stereocenters. The minimum absolute atomic E-state index is 0.0836. The lowest BCUT2D eigenvalue weighted by Crippen LogP contribution is -2.59. The smallest absolute Gasteiger partial charge is 0.249 e. The highest BCUT2D eigenvalue weighted by Gasteiger charge is 2.50. The second kappa shape index (κ2) is 10.1. The molecule has 0 spiro atoms. The molecule has 2 aliphatic carbocycles. The van der Waals surface area contributed by atoms with Gasteiger partial charge in [0.15, 0.2) is 0 Å². The summed E-state index contributed by atoms with van der Waals surface area (Å²) in [6.45, 7) is 0. The fourth-order valence-corrected chi connectivity index (χ4v) is 7.04. The van der Waals surface area contributed by atoms with Gasteiger partial charge in [-0.1, -0.05) is 91.0 Å². The van der Waals surface area contributed by atoms with Crippen LogP contribution in [0.1, 0.15) is 57.4 Å². The third-order valence-corrected chi connectivity index (χ3v) is 9.07.